The van der Waals surface area contributed by atoms with Crippen molar-refractivity contribution >= 4 is 0 Å². The minimum atomic E-state index is -3.09. The summed E-state index contributed by atoms with van der Waals surface area (Å²) < 4.78 is 10.8. The second-order valence-electron chi connectivity index (χ2n) is 7.42. The third-order valence-corrected chi connectivity index (χ3v) is 19.4. The number of hydrogen-bond acceptors (Lipinski definition) is 4. The topological polar surface area (TPSA) is 13.0 Å². The molecule has 0 heterocycles. The standard InChI is InChI=1S/4C4H10N.Zr/c4*1-4(2)5-3;/h4*4H,1-3H3;/q4*-1;+4. The van der Waals surface area contributed by atoms with E-state index in [-0.39, 0.29) is 0 Å². The summed E-state index contributed by atoms with van der Waals surface area (Å²) in [5, 5.41) is 0. The van der Waals surface area contributed by atoms with Gasteiger partial charge in [-0.3, -0.25) is 0 Å². The fourth-order valence-corrected chi connectivity index (χ4v) is 17.0. The summed E-state index contributed by atoms with van der Waals surface area (Å²) in [7, 11) is 9.32. The number of nitrogens with zero attached hydrogens (tertiary/aromatic N) is 4. The first-order valence-electron chi connectivity index (χ1n) is 8.33. The van der Waals surface area contributed by atoms with Crippen molar-refractivity contribution in [3.63, 3.8) is 0 Å². The molecule has 4 nitrogen and oxygen atoms in total. The Labute approximate surface area is 140 Å². The monoisotopic (exact) mass is 378 g/mol. The summed E-state index contributed by atoms with van der Waals surface area (Å²) in [6, 6.07) is 2.18. The van der Waals surface area contributed by atoms with E-state index in [1.54, 1.807) is 0 Å². The predicted octanol–water partition coefficient (Wildman–Crippen LogP) is 3.16. The molecule has 0 atom stereocenters. The average Bonchev–Trinajstić information content (AvgIpc) is 2.37. The van der Waals surface area contributed by atoms with E-state index in [0.717, 1.165) is 0 Å². The Morgan fingerprint density at radius 1 is 0.429 bits per heavy atom. The minimum absolute atomic E-state index is 0.546. The molecule has 0 spiro atoms. The number of rotatable bonds is 8. The molecule has 0 aromatic heterocycles. The van der Waals surface area contributed by atoms with Crippen LogP contribution < -0.4 is 0 Å². The Kier molecular flexibility index (Phi) is 8.83. The quantitative estimate of drug-likeness (QED) is 0.642. The molecule has 0 unspecified atom stereocenters. The van der Waals surface area contributed by atoms with Crippen molar-refractivity contribution < 1.29 is 21.4 Å². The Morgan fingerprint density at radius 3 is 0.667 bits per heavy atom. The first kappa shape index (κ1) is 21.7. The first-order chi connectivity index (χ1) is 9.42. The van der Waals surface area contributed by atoms with Crippen LogP contribution in [0.1, 0.15) is 55.4 Å². The van der Waals surface area contributed by atoms with Gasteiger partial charge in [0.25, 0.3) is 0 Å². The molecule has 0 saturated carbocycles. The zero-order valence-electron chi connectivity index (χ0n) is 16.6. The summed E-state index contributed by atoms with van der Waals surface area (Å²) in [5.74, 6) is 0. The van der Waals surface area contributed by atoms with Gasteiger partial charge in [0.1, 0.15) is 0 Å². The third kappa shape index (κ3) is 4.38. The van der Waals surface area contributed by atoms with Gasteiger partial charge < -0.3 is 0 Å². The molecule has 0 rings (SSSR count). The normalized spacial score (nSPS) is 14.3. The van der Waals surface area contributed by atoms with Crippen LogP contribution in [-0.2, 0) is 21.4 Å². The molecule has 21 heavy (non-hydrogen) atoms. The van der Waals surface area contributed by atoms with Crippen molar-refractivity contribution in [2.24, 2.45) is 0 Å². The van der Waals surface area contributed by atoms with Gasteiger partial charge in [-0.2, -0.15) is 0 Å². The van der Waals surface area contributed by atoms with Crippen LogP contribution in [-0.4, -0.2) is 63.7 Å². The van der Waals surface area contributed by atoms with Crippen LogP contribution in [0.3, 0.4) is 0 Å². The van der Waals surface area contributed by atoms with Gasteiger partial charge in [-0.1, -0.05) is 0 Å². The zero-order valence-corrected chi connectivity index (χ0v) is 19.1. The van der Waals surface area contributed by atoms with Gasteiger partial charge in [0.05, 0.1) is 0 Å². The van der Waals surface area contributed by atoms with Gasteiger partial charge in [0, 0.05) is 0 Å². The van der Waals surface area contributed by atoms with E-state index < -0.39 is 21.4 Å². The second kappa shape index (κ2) is 8.54. The summed E-state index contributed by atoms with van der Waals surface area (Å²) in [6.07, 6.45) is 0. The molecule has 0 aliphatic carbocycles. The van der Waals surface area contributed by atoms with Crippen LogP contribution in [0.5, 0.6) is 0 Å². The molecule has 0 amide bonds. The molecule has 5 heteroatoms. The summed E-state index contributed by atoms with van der Waals surface area (Å²) in [4.78, 5) is 0. The second-order valence-corrected chi connectivity index (χ2v) is 17.3. The van der Waals surface area contributed by atoms with E-state index in [1.165, 1.54) is 0 Å². The van der Waals surface area contributed by atoms with Crippen molar-refractivity contribution in [3.05, 3.63) is 0 Å². The molecule has 0 aromatic rings. The van der Waals surface area contributed by atoms with Crippen LogP contribution in [0, 0.1) is 0 Å². The van der Waals surface area contributed by atoms with Crippen molar-refractivity contribution in [3.8, 4) is 0 Å². The predicted molar refractivity (Wildman–Crippen MR) is 91.6 cm³/mol. The Morgan fingerprint density at radius 2 is 0.571 bits per heavy atom. The molecule has 0 aliphatic rings. The molecule has 0 N–H and O–H groups in total. The molecule has 0 aliphatic heterocycles. The van der Waals surface area contributed by atoms with Crippen LogP contribution in [0.4, 0.5) is 0 Å². The molecule has 0 fully saturated rings. The van der Waals surface area contributed by atoms with Crippen molar-refractivity contribution in [1.82, 2.24) is 11.4 Å². The van der Waals surface area contributed by atoms with Crippen molar-refractivity contribution in [2.75, 3.05) is 28.2 Å². The van der Waals surface area contributed by atoms with E-state index in [4.69, 9.17) is 0 Å². The van der Waals surface area contributed by atoms with E-state index in [1.807, 2.05) is 0 Å². The van der Waals surface area contributed by atoms with E-state index in [9.17, 15) is 0 Å². The van der Waals surface area contributed by atoms with E-state index in [2.05, 4.69) is 95.0 Å². The third-order valence-electron chi connectivity index (χ3n) is 4.99. The Hall–Kier alpha value is 0.723. The first-order valence-corrected chi connectivity index (χ1v) is 12.7. The summed E-state index contributed by atoms with van der Waals surface area (Å²) >= 11 is -3.09. The molecule has 0 saturated heterocycles. The van der Waals surface area contributed by atoms with Crippen LogP contribution in [0.2, 0.25) is 0 Å². The summed E-state index contributed by atoms with van der Waals surface area (Å²) in [6.45, 7) is 18.6. The molecule has 0 radical (unpaired) electrons. The SMILES string of the molecule is CC(C)[N](C)[Zr]([N](C)C(C)C)([N](C)C(C)C)[N](C)C(C)C. The van der Waals surface area contributed by atoms with Crippen LogP contribution in [0.15, 0.2) is 0 Å². The fraction of sp³-hybridized carbons (Fsp3) is 1.00. The van der Waals surface area contributed by atoms with Gasteiger partial charge in [-0.15, -0.1) is 0 Å². The van der Waals surface area contributed by atoms with Crippen molar-refractivity contribution in [2.45, 2.75) is 79.6 Å². The van der Waals surface area contributed by atoms with Gasteiger partial charge in [-0.25, -0.2) is 0 Å². The van der Waals surface area contributed by atoms with Crippen molar-refractivity contribution in [1.29, 1.82) is 0 Å². The molecule has 128 valence electrons. The van der Waals surface area contributed by atoms with Gasteiger partial charge in [0.2, 0.25) is 0 Å². The zero-order chi connectivity index (χ0) is 17.1. The van der Waals surface area contributed by atoms with Gasteiger partial charge in [-0.05, 0) is 0 Å². The summed E-state index contributed by atoms with van der Waals surface area (Å²) in [5.41, 5.74) is 0. The molecule has 0 bridgehead atoms. The van der Waals surface area contributed by atoms with E-state index >= 15 is 0 Å². The molecular formula is C16H40N4Zr. The number of hydrogen-bond donors (Lipinski definition) is 0. The van der Waals surface area contributed by atoms with Crippen LogP contribution in [0.25, 0.3) is 0 Å². The maximum atomic E-state index is 2.69. The molecule has 0 aromatic carbocycles. The molecular weight excluding hydrogens is 339 g/mol. The Bertz CT molecular complexity index is 243. The van der Waals surface area contributed by atoms with E-state index in [0.29, 0.717) is 24.2 Å². The average molecular weight is 380 g/mol. The fourth-order valence-electron chi connectivity index (χ4n) is 2.88. The van der Waals surface area contributed by atoms with Crippen LogP contribution >= 0.6 is 0 Å². The Balaban J connectivity index is 6.20. The maximum absolute atomic E-state index is 3.09. The van der Waals surface area contributed by atoms with Gasteiger partial charge >= 0.3 is 141 Å². The van der Waals surface area contributed by atoms with Gasteiger partial charge in [0.15, 0.2) is 0 Å².